The molecule has 1 unspecified atom stereocenters. The molecule has 0 spiro atoms. The summed E-state index contributed by atoms with van der Waals surface area (Å²) in [5, 5.41) is 7.19. The van der Waals surface area contributed by atoms with Crippen LogP contribution < -0.4 is 10.6 Å². The quantitative estimate of drug-likeness (QED) is 0.790. The van der Waals surface area contributed by atoms with E-state index in [9.17, 15) is 0 Å². The lowest BCUT2D eigenvalue weighted by Crippen LogP contribution is -2.27. The Hall–Kier alpha value is -1.14. The number of hydrogen-bond acceptors (Lipinski definition) is 5. The Morgan fingerprint density at radius 2 is 2.35 bits per heavy atom. The van der Waals surface area contributed by atoms with Gasteiger partial charge >= 0.3 is 0 Å². The highest BCUT2D eigenvalue weighted by atomic mass is 16.5. The standard InChI is InChI=1S/C11H21N5O/c1-11(2,17-3)6-9-13-10(15-14-9)16-5-4-8(12)7-16/h8H,4-7,12H2,1-3H3,(H,13,14,15). The zero-order valence-electron chi connectivity index (χ0n) is 10.7. The van der Waals surface area contributed by atoms with E-state index in [1.54, 1.807) is 7.11 Å². The summed E-state index contributed by atoms with van der Waals surface area (Å²) in [5.74, 6) is 1.60. The third-order valence-corrected chi connectivity index (χ3v) is 3.17. The Morgan fingerprint density at radius 3 is 2.94 bits per heavy atom. The van der Waals surface area contributed by atoms with Gasteiger partial charge in [0.1, 0.15) is 5.82 Å². The zero-order chi connectivity index (χ0) is 12.5. The Bertz CT molecular complexity index is 376. The minimum absolute atomic E-state index is 0.224. The van der Waals surface area contributed by atoms with Crippen molar-refractivity contribution in [3.8, 4) is 0 Å². The number of aromatic nitrogens is 3. The summed E-state index contributed by atoms with van der Waals surface area (Å²) in [6.07, 6.45) is 1.73. The second kappa shape index (κ2) is 4.62. The molecule has 17 heavy (non-hydrogen) atoms. The van der Waals surface area contributed by atoms with Crippen molar-refractivity contribution in [2.24, 2.45) is 5.73 Å². The molecule has 0 aliphatic carbocycles. The van der Waals surface area contributed by atoms with E-state index in [2.05, 4.69) is 20.1 Å². The Balaban J connectivity index is 2.01. The molecule has 6 nitrogen and oxygen atoms in total. The van der Waals surface area contributed by atoms with Crippen molar-refractivity contribution in [1.82, 2.24) is 15.2 Å². The molecule has 1 fully saturated rings. The zero-order valence-corrected chi connectivity index (χ0v) is 10.7. The molecular weight excluding hydrogens is 218 g/mol. The first-order valence-electron chi connectivity index (χ1n) is 5.97. The SMILES string of the molecule is COC(C)(C)Cc1nc(N2CCC(N)C2)n[nH]1. The first-order chi connectivity index (χ1) is 8.00. The summed E-state index contributed by atoms with van der Waals surface area (Å²) in [6.45, 7) is 5.83. The number of rotatable bonds is 4. The minimum atomic E-state index is -0.224. The van der Waals surface area contributed by atoms with Gasteiger partial charge in [-0.1, -0.05) is 0 Å². The number of nitrogens with two attached hydrogens (primary N) is 1. The van der Waals surface area contributed by atoms with Gasteiger partial charge < -0.3 is 15.4 Å². The van der Waals surface area contributed by atoms with Gasteiger partial charge in [-0.3, -0.25) is 5.10 Å². The topological polar surface area (TPSA) is 80.1 Å². The molecule has 0 radical (unpaired) electrons. The number of anilines is 1. The lowest BCUT2D eigenvalue weighted by molar-refractivity contribution is 0.0216. The van der Waals surface area contributed by atoms with Crippen molar-refractivity contribution >= 4 is 5.95 Å². The predicted molar refractivity (Wildman–Crippen MR) is 66.0 cm³/mol. The van der Waals surface area contributed by atoms with E-state index in [-0.39, 0.29) is 11.6 Å². The van der Waals surface area contributed by atoms with Crippen LogP contribution in [0.4, 0.5) is 5.95 Å². The Labute approximate surface area is 102 Å². The molecule has 0 bridgehead atoms. The van der Waals surface area contributed by atoms with Crippen molar-refractivity contribution in [2.45, 2.75) is 38.3 Å². The van der Waals surface area contributed by atoms with Gasteiger partial charge in [-0.2, -0.15) is 4.98 Å². The molecule has 6 heteroatoms. The van der Waals surface area contributed by atoms with Crippen LogP contribution in [0.5, 0.6) is 0 Å². The number of ether oxygens (including phenoxy) is 1. The average molecular weight is 239 g/mol. The van der Waals surface area contributed by atoms with Crippen molar-refractivity contribution in [3.63, 3.8) is 0 Å². The molecule has 2 heterocycles. The molecule has 1 aromatic heterocycles. The van der Waals surface area contributed by atoms with Crippen LogP contribution >= 0.6 is 0 Å². The third-order valence-electron chi connectivity index (χ3n) is 3.17. The van der Waals surface area contributed by atoms with Crippen molar-refractivity contribution in [2.75, 3.05) is 25.1 Å². The average Bonchev–Trinajstić information content (AvgIpc) is 2.86. The molecule has 2 rings (SSSR count). The summed E-state index contributed by atoms with van der Waals surface area (Å²) in [7, 11) is 1.71. The maximum absolute atomic E-state index is 5.87. The van der Waals surface area contributed by atoms with E-state index < -0.39 is 0 Å². The molecule has 1 atom stereocenters. The maximum Gasteiger partial charge on any atom is 0.244 e. The highest BCUT2D eigenvalue weighted by Crippen LogP contribution is 2.18. The number of nitrogens with one attached hydrogen (secondary N) is 1. The van der Waals surface area contributed by atoms with Gasteiger partial charge in [0, 0.05) is 32.7 Å². The summed E-state index contributed by atoms with van der Waals surface area (Å²) in [6, 6.07) is 0.243. The van der Waals surface area contributed by atoms with Crippen LogP contribution in [0, 0.1) is 0 Å². The first-order valence-corrected chi connectivity index (χ1v) is 5.97. The van der Waals surface area contributed by atoms with Crippen molar-refractivity contribution in [3.05, 3.63) is 5.82 Å². The monoisotopic (exact) mass is 239 g/mol. The predicted octanol–water partition coefficient (Wildman–Crippen LogP) is 0.310. The van der Waals surface area contributed by atoms with Crippen LogP contribution in [-0.2, 0) is 11.2 Å². The van der Waals surface area contributed by atoms with Crippen molar-refractivity contribution < 1.29 is 4.74 Å². The van der Waals surface area contributed by atoms with Gasteiger partial charge in [-0.25, -0.2) is 0 Å². The normalized spacial score (nSPS) is 21.2. The van der Waals surface area contributed by atoms with Crippen LogP contribution in [0.2, 0.25) is 0 Å². The third kappa shape index (κ3) is 2.95. The van der Waals surface area contributed by atoms with Gasteiger partial charge in [0.25, 0.3) is 0 Å². The molecule has 1 aliphatic rings. The van der Waals surface area contributed by atoms with Gasteiger partial charge in [-0.15, -0.1) is 5.10 Å². The molecule has 3 N–H and O–H groups in total. The smallest absolute Gasteiger partial charge is 0.244 e. The Kier molecular flexibility index (Phi) is 3.35. The maximum atomic E-state index is 5.87. The number of nitrogens with zero attached hydrogens (tertiary/aromatic N) is 3. The van der Waals surface area contributed by atoms with E-state index in [0.717, 1.165) is 37.7 Å². The first kappa shape index (κ1) is 12.3. The molecule has 0 aromatic carbocycles. The number of hydrogen-bond donors (Lipinski definition) is 2. The summed E-state index contributed by atoms with van der Waals surface area (Å²) in [4.78, 5) is 6.60. The molecule has 1 aliphatic heterocycles. The van der Waals surface area contributed by atoms with Gasteiger partial charge in [0.05, 0.1) is 5.60 Å². The van der Waals surface area contributed by atoms with Crippen LogP contribution in [-0.4, -0.2) is 47.0 Å². The largest absolute Gasteiger partial charge is 0.378 e. The number of methoxy groups -OCH3 is 1. The molecule has 1 aromatic rings. The van der Waals surface area contributed by atoms with Gasteiger partial charge in [0.2, 0.25) is 5.95 Å². The van der Waals surface area contributed by atoms with Crippen LogP contribution in [0.1, 0.15) is 26.1 Å². The van der Waals surface area contributed by atoms with E-state index in [1.807, 2.05) is 13.8 Å². The molecule has 0 amide bonds. The highest BCUT2D eigenvalue weighted by molar-refractivity contribution is 5.31. The summed E-state index contributed by atoms with van der Waals surface area (Å²) < 4.78 is 5.37. The van der Waals surface area contributed by atoms with Crippen LogP contribution in [0.15, 0.2) is 0 Å². The summed E-state index contributed by atoms with van der Waals surface area (Å²) in [5.41, 5.74) is 5.64. The minimum Gasteiger partial charge on any atom is -0.378 e. The van der Waals surface area contributed by atoms with Gasteiger partial charge in [0.15, 0.2) is 0 Å². The van der Waals surface area contributed by atoms with Gasteiger partial charge in [-0.05, 0) is 20.3 Å². The molecular formula is C11H21N5O. The van der Waals surface area contributed by atoms with E-state index in [4.69, 9.17) is 10.5 Å². The highest BCUT2D eigenvalue weighted by Gasteiger charge is 2.24. The van der Waals surface area contributed by atoms with E-state index in [1.165, 1.54) is 0 Å². The molecule has 0 saturated carbocycles. The van der Waals surface area contributed by atoms with Crippen LogP contribution in [0.3, 0.4) is 0 Å². The fraction of sp³-hybridized carbons (Fsp3) is 0.818. The van der Waals surface area contributed by atoms with E-state index in [0.29, 0.717) is 0 Å². The van der Waals surface area contributed by atoms with Crippen molar-refractivity contribution in [1.29, 1.82) is 0 Å². The Morgan fingerprint density at radius 1 is 1.59 bits per heavy atom. The van der Waals surface area contributed by atoms with Crippen LogP contribution in [0.25, 0.3) is 0 Å². The fourth-order valence-corrected chi connectivity index (χ4v) is 1.95. The fourth-order valence-electron chi connectivity index (χ4n) is 1.95. The number of aromatic amines is 1. The lowest BCUT2D eigenvalue weighted by Gasteiger charge is -2.20. The second-order valence-electron chi connectivity index (χ2n) is 5.22. The van der Waals surface area contributed by atoms with E-state index >= 15 is 0 Å². The summed E-state index contributed by atoms with van der Waals surface area (Å²) >= 11 is 0. The molecule has 96 valence electrons. The second-order valence-corrected chi connectivity index (χ2v) is 5.22. The molecule has 1 saturated heterocycles. The number of H-pyrrole nitrogens is 1. The lowest BCUT2D eigenvalue weighted by atomic mass is 10.1.